The summed E-state index contributed by atoms with van der Waals surface area (Å²) in [6, 6.07) is 24.5. The second-order valence-corrected chi connectivity index (χ2v) is 10.7. The van der Waals surface area contributed by atoms with Crippen LogP contribution in [0.5, 0.6) is 0 Å². The lowest BCUT2D eigenvalue weighted by Crippen LogP contribution is -2.38. The average Bonchev–Trinajstić information content (AvgIpc) is 3.65. The van der Waals surface area contributed by atoms with Crippen molar-refractivity contribution < 1.29 is 22.8 Å². The van der Waals surface area contributed by atoms with Crippen LogP contribution in [-0.2, 0) is 4.74 Å². The highest BCUT2D eigenvalue weighted by Gasteiger charge is 2.32. The number of aromatic nitrogens is 2. The van der Waals surface area contributed by atoms with Gasteiger partial charge in [0.1, 0.15) is 28.6 Å². The summed E-state index contributed by atoms with van der Waals surface area (Å²) in [6.45, 7) is 9.25. The van der Waals surface area contributed by atoms with E-state index in [0.29, 0.717) is 11.4 Å². The van der Waals surface area contributed by atoms with Crippen molar-refractivity contribution in [3.05, 3.63) is 90.3 Å². The molecule has 202 valence electrons. The molecule has 3 heterocycles. The molecule has 0 radical (unpaired) electrons. The van der Waals surface area contributed by atoms with Crippen LogP contribution in [0.15, 0.2) is 92.1 Å². The standard InChI is InChI=1S/C32H29N3O5/c1-19-24-11-7-9-13-26(24)38-28(19)30-34-33-29(39-30)20(2)35(31(36)40-32(3,4)5)23-16-14-21(15-17-23)27-18-22-10-6-8-12-25(22)37-27/h6-18,20H,1-5H3. The Kier molecular flexibility index (Phi) is 6.18. The summed E-state index contributed by atoms with van der Waals surface area (Å²) in [7, 11) is 0. The van der Waals surface area contributed by atoms with Crippen molar-refractivity contribution in [3.8, 4) is 23.0 Å². The molecule has 0 aliphatic carbocycles. The summed E-state index contributed by atoms with van der Waals surface area (Å²) >= 11 is 0. The van der Waals surface area contributed by atoms with Crippen LogP contribution in [0.25, 0.3) is 44.9 Å². The van der Waals surface area contributed by atoms with Crippen LogP contribution in [-0.4, -0.2) is 21.9 Å². The van der Waals surface area contributed by atoms with Gasteiger partial charge in [-0.1, -0.05) is 36.4 Å². The van der Waals surface area contributed by atoms with E-state index in [-0.39, 0.29) is 11.8 Å². The highest BCUT2D eigenvalue weighted by atomic mass is 16.6. The molecule has 0 spiro atoms. The topological polar surface area (TPSA) is 94.7 Å². The Morgan fingerprint density at radius 3 is 2.27 bits per heavy atom. The number of fused-ring (bicyclic) bond motifs is 2. The molecule has 0 bridgehead atoms. The molecule has 3 aromatic carbocycles. The molecule has 0 fully saturated rings. The van der Waals surface area contributed by atoms with Gasteiger partial charge in [-0.15, -0.1) is 10.2 Å². The molecule has 3 aromatic heterocycles. The summed E-state index contributed by atoms with van der Waals surface area (Å²) in [5.41, 5.74) is 3.26. The summed E-state index contributed by atoms with van der Waals surface area (Å²) in [5.74, 6) is 1.75. The fourth-order valence-corrected chi connectivity index (χ4v) is 4.69. The third kappa shape index (κ3) is 4.73. The number of carbonyl (C=O) groups is 1. The molecule has 8 heteroatoms. The van der Waals surface area contributed by atoms with Crippen molar-refractivity contribution in [1.29, 1.82) is 0 Å². The summed E-state index contributed by atoms with van der Waals surface area (Å²) in [6.07, 6.45) is -0.531. The summed E-state index contributed by atoms with van der Waals surface area (Å²) in [5, 5.41) is 10.5. The third-order valence-electron chi connectivity index (χ3n) is 6.67. The minimum atomic E-state index is -0.700. The highest BCUT2D eigenvalue weighted by Crippen LogP contribution is 2.36. The summed E-state index contributed by atoms with van der Waals surface area (Å²) in [4.78, 5) is 15.0. The molecule has 0 aliphatic heterocycles. The van der Waals surface area contributed by atoms with Crippen LogP contribution < -0.4 is 4.90 Å². The van der Waals surface area contributed by atoms with Crippen LogP contribution in [0.2, 0.25) is 0 Å². The molecule has 40 heavy (non-hydrogen) atoms. The number of hydrogen-bond donors (Lipinski definition) is 0. The predicted octanol–water partition coefficient (Wildman–Crippen LogP) is 8.71. The number of amides is 1. The van der Waals surface area contributed by atoms with Crippen LogP contribution in [0.4, 0.5) is 10.5 Å². The Hall–Kier alpha value is -4.85. The van der Waals surface area contributed by atoms with Gasteiger partial charge in [-0.25, -0.2) is 4.79 Å². The van der Waals surface area contributed by atoms with Gasteiger partial charge in [-0.2, -0.15) is 0 Å². The largest absolute Gasteiger partial charge is 0.456 e. The molecular formula is C32H29N3O5. The van der Waals surface area contributed by atoms with E-state index in [1.807, 2.05) is 113 Å². The Labute approximate surface area is 231 Å². The first-order valence-electron chi connectivity index (χ1n) is 13.1. The lowest BCUT2D eigenvalue weighted by atomic mass is 10.1. The molecule has 1 atom stereocenters. The quantitative estimate of drug-likeness (QED) is 0.218. The van der Waals surface area contributed by atoms with Gasteiger partial charge in [0.2, 0.25) is 5.89 Å². The highest BCUT2D eigenvalue weighted by molar-refractivity contribution is 5.90. The second-order valence-electron chi connectivity index (χ2n) is 10.7. The molecule has 1 unspecified atom stereocenters. The van der Waals surface area contributed by atoms with Crippen LogP contribution in [0, 0.1) is 6.92 Å². The van der Waals surface area contributed by atoms with Crippen molar-refractivity contribution in [3.63, 3.8) is 0 Å². The Bertz CT molecular complexity index is 1790. The molecule has 0 N–H and O–H groups in total. The van der Waals surface area contributed by atoms with Gasteiger partial charge in [0.15, 0.2) is 5.76 Å². The van der Waals surface area contributed by atoms with Gasteiger partial charge >= 0.3 is 6.09 Å². The predicted molar refractivity (Wildman–Crippen MR) is 153 cm³/mol. The van der Waals surface area contributed by atoms with E-state index in [0.717, 1.165) is 38.8 Å². The molecule has 6 aromatic rings. The minimum Gasteiger partial charge on any atom is -0.456 e. The van der Waals surface area contributed by atoms with Gasteiger partial charge in [0, 0.05) is 27.6 Å². The fourth-order valence-electron chi connectivity index (χ4n) is 4.69. The molecule has 6 rings (SSSR count). The number of furan rings is 2. The molecule has 1 amide bonds. The maximum absolute atomic E-state index is 13.5. The van der Waals surface area contributed by atoms with Crippen molar-refractivity contribution in [2.24, 2.45) is 0 Å². The number of anilines is 1. The van der Waals surface area contributed by atoms with Crippen molar-refractivity contribution in [1.82, 2.24) is 10.2 Å². The first kappa shape index (κ1) is 25.4. The average molecular weight is 536 g/mol. The Morgan fingerprint density at radius 1 is 0.875 bits per heavy atom. The number of benzene rings is 3. The number of aryl methyl sites for hydroxylation is 1. The Balaban J connectivity index is 1.33. The first-order valence-corrected chi connectivity index (χ1v) is 13.1. The van der Waals surface area contributed by atoms with E-state index >= 15 is 0 Å². The van der Waals surface area contributed by atoms with Gasteiger partial charge in [0.05, 0.1) is 0 Å². The number of hydrogen-bond acceptors (Lipinski definition) is 7. The van der Waals surface area contributed by atoms with Crippen LogP contribution in [0.1, 0.15) is 45.2 Å². The van der Waals surface area contributed by atoms with E-state index < -0.39 is 17.7 Å². The molecular weight excluding hydrogens is 506 g/mol. The van der Waals surface area contributed by atoms with Crippen LogP contribution in [0.3, 0.4) is 0 Å². The SMILES string of the molecule is Cc1c(-c2nnc(C(C)N(C(=O)OC(C)(C)C)c3ccc(-c4cc5ccccc5o4)cc3)o2)oc2ccccc12. The monoisotopic (exact) mass is 535 g/mol. The van der Waals surface area contributed by atoms with Gasteiger partial charge in [-0.3, -0.25) is 4.90 Å². The fraction of sp³-hybridized carbons (Fsp3) is 0.219. The number of nitrogens with zero attached hydrogens (tertiary/aromatic N) is 3. The maximum Gasteiger partial charge on any atom is 0.415 e. The molecule has 0 aliphatic rings. The maximum atomic E-state index is 13.5. The van der Waals surface area contributed by atoms with Gasteiger partial charge < -0.3 is 18.0 Å². The smallest absolute Gasteiger partial charge is 0.415 e. The van der Waals surface area contributed by atoms with E-state index in [1.165, 1.54) is 4.90 Å². The molecule has 0 saturated heterocycles. The van der Waals surface area contributed by atoms with Gasteiger partial charge in [0.25, 0.3) is 5.89 Å². The van der Waals surface area contributed by atoms with E-state index in [2.05, 4.69) is 10.2 Å². The van der Waals surface area contributed by atoms with E-state index in [1.54, 1.807) is 0 Å². The Morgan fingerprint density at radius 2 is 1.57 bits per heavy atom. The number of carbonyl (C=O) groups excluding carboxylic acids is 1. The molecule has 0 saturated carbocycles. The van der Waals surface area contributed by atoms with Crippen molar-refractivity contribution in [2.45, 2.75) is 46.3 Å². The van der Waals surface area contributed by atoms with E-state index in [4.69, 9.17) is 18.0 Å². The first-order chi connectivity index (χ1) is 19.2. The zero-order valence-electron chi connectivity index (χ0n) is 23.0. The zero-order chi connectivity index (χ0) is 28.0. The molecule has 8 nitrogen and oxygen atoms in total. The lowest BCUT2D eigenvalue weighted by molar-refractivity contribution is 0.0563. The van der Waals surface area contributed by atoms with Crippen molar-refractivity contribution in [2.75, 3.05) is 4.90 Å². The van der Waals surface area contributed by atoms with Crippen molar-refractivity contribution >= 4 is 33.7 Å². The van der Waals surface area contributed by atoms with E-state index in [9.17, 15) is 4.79 Å². The van der Waals surface area contributed by atoms with Crippen LogP contribution >= 0.6 is 0 Å². The third-order valence-corrected chi connectivity index (χ3v) is 6.67. The number of para-hydroxylation sites is 2. The minimum absolute atomic E-state index is 0.250. The van der Waals surface area contributed by atoms with Gasteiger partial charge in [-0.05, 0) is 77.1 Å². The number of ether oxygens (including phenoxy) is 1. The zero-order valence-corrected chi connectivity index (χ0v) is 23.0. The number of rotatable bonds is 5. The summed E-state index contributed by atoms with van der Waals surface area (Å²) < 4.78 is 23.8. The second kappa shape index (κ2) is 9.72. The normalized spacial score (nSPS) is 12.6. The lowest BCUT2D eigenvalue weighted by Gasteiger charge is -2.30.